The van der Waals surface area contributed by atoms with E-state index in [1.165, 1.54) is 6.92 Å². The Morgan fingerprint density at radius 3 is 2.24 bits per heavy atom. The number of benzene rings is 1. The summed E-state index contributed by atoms with van der Waals surface area (Å²) in [6.07, 6.45) is -5.76. The smallest absolute Gasteiger partial charge is 0.369 e. The van der Waals surface area contributed by atoms with Crippen LogP contribution in [0.5, 0.6) is 0 Å². The number of hydrogen-bond donors (Lipinski definition) is 1. The van der Waals surface area contributed by atoms with Gasteiger partial charge in [-0.2, -0.15) is 13.2 Å². The Kier molecular flexibility index (Phi) is 5.33. The molecule has 21 heavy (non-hydrogen) atoms. The largest absolute Gasteiger partial charge is 0.415 e. The highest BCUT2D eigenvalue weighted by atomic mass is 19.4. The third-order valence-corrected chi connectivity index (χ3v) is 3.15. The Balaban J connectivity index is 3.11. The van der Waals surface area contributed by atoms with Crippen LogP contribution in [0.25, 0.3) is 0 Å². The van der Waals surface area contributed by atoms with Gasteiger partial charge in [0, 0.05) is 6.61 Å². The average Bonchev–Trinajstić information content (AvgIpc) is 2.38. The number of ether oxygens (including phenoxy) is 1. The van der Waals surface area contributed by atoms with E-state index in [1.54, 1.807) is 6.92 Å². The Morgan fingerprint density at radius 1 is 1.29 bits per heavy atom. The van der Waals surface area contributed by atoms with Gasteiger partial charge in [-0.15, -0.1) is 0 Å². The van der Waals surface area contributed by atoms with Gasteiger partial charge in [0.15, 0.2) is 5.54 Å². The van der Waals surface area contributed by atoms with E-state index in [4.69, 9.17) is 4.74 Å². The molecule has 0 radical (unpaired) electrons. The van der Waals surface area contributed by atoms with Gasteiger partial charge in [-0.1, -0.05) is 12.1 Å². The fourth-order valence-electron chi connectivity index (χ4n) is 1.76. The number of rotatable bonds is 5. The Morgan fingerprint density at radius 2 is 1.81 bits per heavy atom. The Hall–Kier alpha value is -1.63. The minimum absolute atomic E-state index is 0.202. The molecule has 1 rings (SSSR count). The standard InChI is InChI=1S/C14H17F4NO2/c1-4-21-9(2)12(20)19-13(3,14(16,17)18)10-5-7-11(15)8-6-10/h5-9H,4H2,1-3H3,(H,19,20). The molecule has 1 amide bonds. The van der Waals surface area contributed by atoms with Crippen molar-refractivity contribution >= 4 is 5.91 Å². The number of nitrogens with one attached hydrogen (secondary N) is 1. The summed E-state index contributed by atoms with van der Waals surface area (Å²) >= 11 is 0. The van der Waals surface area contributed by atoms with Gasteiger partial charge >= 0.3 is 6.18 Å². The van der Waals surface area contributed by atoms with Crippen LogP contribution in [0.1, 0.15) is 26.3 Å². The highest BCUT2D eigenvalue weighted by molar-refractivity contribution is 5.81. The van der Waals surface area contributed by atoms with Gasteiger partial charge in [0.1, 0.15) is 11.9 Å². The summed E-state index contributed by atoms with van der Waals surface area (Å²) in [6, 6.07) is 3.82. The Bertz CT molecular complexity index is 487. The number of carbonyl (C=O) groups is 1. The summed E-state index contributed by atoms with van der Waals surface area (Å²) in [5.74, 6) is -1.54. The number of carbonyl (C=O) groups excluding carboxylic acids is 1. The summed E-state index contributed by atoms with van der Waals surface area (Å²) in [6.45, 7) is 4.03. The van der Waals surface area contributed by atoms with Crippen LogP contribution in [0.4, 0.5) is 17.6 Å². The first-order chi connectivity index (χ1) is 9.61. The number of halogens is 4. The molecular weight excluding hydrogens is 290 g/mol. The summed E-state index contributed by atoms with van der Waals surface area (Å²) < 4.78 is 57.9. The van der Waals surface area contributed by atoms with E-state index in [2.05, 4.69) is 0 Å². The first-order valence-corrected chi connectivity index (χ1v) is 6.38. The third kappa shape index (κ3) is 3.93. The summed E-state index contributed by atoms with van der Waals surface area (Å²) in [5.41, 5.74) is -2.88. The van der Waals surface area contributed by atoms with Crippen molar-refractivity contribution in [2.45, 2.75) is 38.6 Å². The van der Waals surface area contributed by atoms with Crippen LogP contribution < -0.4 is 5.32 Å². The highest BCUT2D eigenvalue weighted by Crippen LogP contribution is 2.38. The van der Waals surface area contributed by atoms with E-state index in [0.717, 1.165) is 31.2 Å². The molecule has 0 fully saturated rings. The topological polar surface area (TPSA) is 38.3 Å². The van der Waals surface area contributed by atoms with Crippen LogP contribution in [-0.4, -0.2) is 24.8 Å². The zero-order valence-electron chi connectivity index (χ0n) is 11.9. The van der Waals surface area contributed by atoms with E-state index in [1.807, 2.05) is 5.32 Å². The van der Waals surface area contributed by atoms with Crippen molar-refractivity contribution in [2.75, 3.05) is 6.61 Å². The van der Waals surface area contributed by atoms with Crippen LogP contribution >= 0.6 is 0 Å². The van der Waals surface area contributed by atoms with Crippen molar-refractivity contribution < 1.29 is 27.1 Å². The van der Waals surface area contributed by atoms with Crippen LogP contribution in [-0.2, 0) is 15.1 Å². The van der Waals surface area contributed by atoms with E-state index >= 15 is 0 Å². The molecule has 0 bridgehead atoms. The van der Waals surface area contributed by atoms with E-state index in [0.29, 0.717) is 0 Å². The molecule has 118 valence electrons. The lowest BCUT2D eigenvalue weighted by Gasteiger charge is -2.34. The minimum atomic E-state index is -4.74. The molecule has 0 aliphatic heterocycles. The summed E-state index contributed by atoms with van der Waals surface area (Å²) in [7, 11) is 0. The molecule has 1 aromatic rings. The lowest BCUT2D eigenvalue weighted by molar-refractivity contribution is -0.199. The molecule has 0 heterocycles. The molecule has 0 aliphatic rings. The fourth-order valence-corrected chi connectivity index (χ4v) is 1.76. The third-order valence-electron chi connectivity index (χ3n) is 3.15. The van der Waals surface area contributed by atoms with E-state index in [9.17, 15) is 22.4 Å². The van der Waals surface area contributed by atoms with Crippen LogP contribution in [0.15, 0.2) is 24.3 Å². The first-order valence-electron chi connectivity index (χ1n) is 6.38. The second-order valence-corrected chi connectivity index (χ2v) is 4.72. The number of alkyl halides is 3. The van der Waals surface area contributed by atoms with Crippen molar-refractivity contribution in [2.24, 2.45) is 0 Å². The van der Waals surface area contributed by atoms with Crippen molar-refractivity contribution in [3.63, 3.8) is 0 Å². The molecule has 7 heteroatoms. The zero-order chi connectivity index (χ0) is 16.3. The fraction of sp³-hybridized carbons (Fsp3) is 0.500. The van der Waals surface area contributed by atoms with Crippen molar-refractivity contribution in [3.8, 4) is 0 Å². The highest BCUT2D eigenvalue weighted by Gasteiger charge is 2.53. The minimum Gasteiger partial charge on any atom is -0.369 e. The molecule has 0 saturated heterocycles. The van der Waals surface area contributed by atoms with E-state index in [-0.39, 0.29) is 12.2 Å². The zero-order valence-corrected chi connectivity index (χ0v) is 11.9. The molecule has 1 N–H and O–H groups in total. The van der Waals surface area contributed by atoms with Crippen LogP contribution in [0, 0.1) is 5.82 Å². The Labute approximate surface area is 120 Å². The molecular formula is C14H17F4NO2. The van der Waals surface area contributed by atoms with Gasteiger partial charge in [0.2, 0.25) is 5.91 Å². The molecule has 0 aliphatic carbocycles. The monoisotopic (exact) mass is 307 g/mol. The lowest BCUT2D eigenvalue weighted by Crippen LogP contribution is -2.56. The van der Waals surface area contributed by atoms with Crippen molar-refractivity contribution in [1.29, 1.82) is 0 Å². The van der Waals surface area contributed by atoms with E-state index < -0.39 is 29.5 Å². The molecule has 0 saturated carbocycles. The van der Waals surface area contributed by atoms with Gasteiger partial charge < -0.3 is 10.1 Å². The van der Waals surface area contributed by atoms with Crippen molar-refractivity contribution in [1.82, 2.24) is 5.32 Å². The molecule has 3 nitrogen and oxygen atoms in total. The average molecular weight is 307 g/mol. The normalized spacial score (nSPS) is 16.1. The number of hydrogen-bond acceptors (Lipinski definition) is 2. The van der Waals surface area contributed by atoms with Gasteiger partial charge in [-0.25, -0.2) is 4.39 Å². The maximum Gasteiger partial charge on any atom is 0.415 e. The second kappa shape index (κ2) is 6.43. The molecule has 2 atom stereocenters. The maximum atomic E-state index is 13.4. The van der Waals surface area contributed by atoms with Crippen LogP contribution in [0.2, 0.25) is 0 Å². The quantitative estimate of drug-likeness (QED) is 0.849. The SMILES string of the molecule is CCOC(C)C(=O)NC(C)(c1ccc(F)cc1)C(F)(F)F. The summed E-state index contributed by atoms with van der Waals surface area (Å²) in [4.78, 5) is 11.8. The molecule has 0 spiro atoms. The molecule has 0 aromatic heterocycles. The number of amides is 1. The first kappa shape index (κ1) is 17.4. The lowest BCUT2D eigenvalue weighted by atomic mass is 9.91. The van der Waals surface area contributed by atoms with Gasteiger partial charge in [-0.05, 0) is 38.5 Å². The predicted octanol–water partition coefficient (Wildman–Crippen LogP) is 3.14. The van der Waals surface area contributed by atoms with Gasteiger partial charge in [0.05, 0.1) is 0 Å². The van der Waals surface area contributed by atoms with Gasteiger partial charge in [-0.3, -0.25) is 4.79 Å². The van der Waals surface area contributed by atoms with Crippen LogP contribution in [0.3, 0.4) is 0 Å². The second-order valence-electron chi connectivity index (χ2n) is 4.72. The molecule has 2 unspecified atom stereocenters. The van der Waals surface area contributed by atoms with Crippen molar-refractivity contribution in [3.05, 3.63) is 35.6 Å². The summed E-state index contributed by atoms with van der Waals surface area (Å²) in [5, 5.41) is 1.94. The molecule has 1 aromatic carbocycles. The van der Waals surface area contributed by atoms with Gasteiger partial charge in [0.25, 0.3) is 0 Å². The maximum absolute atomic E-state index is 13.4. The predicted molar refractivity (Wildman–Crippen MR) is 69.0 cm³/mol.